The van der Waals surface area contributed by atoms with Crippen molar-refractivity contribution in [3.05, 3.63) is 58.5 Å². The molecule has 0 bridgehead atoms. The van der Waals surface area contributed by atoms with E-state index in [4.69, 9.17) is 0 Å². The van der Waals surface area contributed by atoms with Gasteiger partial charge in [0.25, 0.3) is 0 Å². The molecule has 1 aliphatic carbocycles. The second-order valence-electron chi connectivity index (χ2n) is 4.23. The average Bonchev–Trinajstić information content (AvgIpc) is 2.44. The van der Waals surface area contributed by atoms with Crippen LogP contribution in [0.2, 0.25) is 0 Å². The van der Waals surface area contributed by atoms with Crippen molar-refractivity contribution in [1.29, 1.82) is 0 Å². The maximum Gasteiger partial charge on any atom is 0.197 e. The molecular weight excluding hydrogens is 309 g/mol. The van der Waals surface area contributed by atoms with Crippen LogP contribution in [0.25, 0.3) is 0 Å². The number of halogens is 7. The van der Waals surface area contributed by atoms with Crippen LogP contribution in [0.3, 0.4) is 0 Å². The van der Waals surface area contributed by atoms with Crippen LogP contribution >= 0.6 is 0 Å². The van der Waals surface area contributed by atoms with E-state index in [1.165, 1.54) is 0 Å². The van der Waals surface area contributed by atoms with E-state index in [1.807, 2.05) is 0 Å². The highest BCUT2D eigenvalue weighted by Crippen LogP contribution is 2.42. The number of rotatable bonds is 1. The normalized spacial score (nSPS) is 26.1. The van der Waals surface area contributed by atoms with Gasteiger partial charge in [0.1, 0.15) is 11.7 Å². The molecule has 2 N–H and O–H groups in total. The minimum absolute atomic E-state index is 0.0999. The smallest absolute Gasteiger partial charge is 0.197 e. The second kappa shape index (κ2) is 4.85. The van der Waals surface area contributed by atoms with Gasteiger partial charge < -0.3 is 10.2 Å². The summed E-state index contributed by atoms with van der Waals surface area (Å²) in [4.78, 5) is 0. The van der Waals surface area contributed by atoms with Crippen molar-refractivity contribution in [3.63, 3.8) is 0 Å². The summed E-state index contributed by atoms with van der Waals surface area (Å²) in [6.07, 6.45) is -3.05. The van der Waals surface area contributed by atoms with Gasteiger partial charge in [-0.2, -0.15) is 0 Å². The maximum absolute atomic E-state index is 13.6. The molecule has 0 aliphatic heterocycles. The Kier molecular flexibility index (Phi) is 3.58. The van der Waals surface area contributed by atoms with Gasteiger partial charge in [-0.15, -0.1) is 0 Å². The van der Waals surface area contributed by atoms with Gasteiger partial charge in [-0.05, 0) is 12.1 Å². The molecule has 2 nitrogen and oxygen atoms in total. The fourth-order valence-electron chi connectivity index (χ4n) is 1.85. The van der Waals surface area contributed by atoms with Gasteiger partial charge in [-0.1, -0.05) is 0 Å². The van der Waals surface area contributed by atoms with Crippen LogP contribution < -0.4 is 0 Å². The van der Waals surface area contributed by atoms with Crippen LogP contribution in [0.4, 0.5) is 30.7 Å². The molecule has 1 aromatic rings. The molecule has 0 heterocycles. The first-order chi connectivity index (χ1) is 9.61. The molecule has 2 unspecified atom stereocenters. The summed E-state index contributed by atoms with van der Waals surface area (Å²) in [5.41, 5.74) is -4.85. The number of hydrogen-bond acceptors (Lipinski definition) is 2. The van der Waals surface area contributed by atoms with E-state index in [2.05, 4.69) is 0 Å². The van der Waals surface area contributed by atoms with Crippen LogP contribution in [0.5, 0.6) is 0 Å². The minimum Gasteiger partial charge on any atom is -0.382 e. The first-order valence-electron chi connectivity index (χ1n) is 5.29. The van der Waals surface area contributed by atoms with Gasteiger partial charge in [-0.25, -0.2) is 30.7 Å². The van der Waals surface area contributed by atoms with Crippen molar-refractivity contribution < 1.29 is 40.9 Å². The van der Waals surface area contributed by atoms with Crippen LogP contribution in [-0.4, -0.2) is 16.3 Å². The number of allylic oxidation sites excluding steroid dienone is 2. The zero-order valence-electron chi connectivity index (χ0n) is 9.77. The lowest BCUT2D eigenvalue weighted by Crippen LogP contribution is -2.42. The summed E-state index contributed by atoms with van der Waals surface area (Å²) in [6, 6.07) is -0.0999. The number of aliphatic hydroxyl groups excluding tert-OH is 1. The first-order valence-corrected chi connectivity index (χ1v) is 5.29. The lowest BCUT2D eigenvalue weighted by molar-refractivity contribution is -0.0433. The second-order valence-corrected chi connectivity index (χ2v) is 4.23. The van der Waals surface area contributed by atoms with Crippen LogP contribution in [0, 0.1) is 23.3 Å². The van der Waals surface area contributed by atoms with E-state index in [0.717, 1.165) is 0 Å². The van der Waals surface area contributed by atoms with E-state index < -0.39 is 58.0 Å². The highest BCUT2D eigenvalue weighted by atomic mass is 19.2. The Morgan fingerprint density at radius 3 is 2.05 bits per heavy atom. The van der Waals surface area contributed by atoms with Crippen molar-refractivity contribution in [3.8, 4) is 0 Å². The van der Waals surface area contributed by atoms with E-state index in [9.17, 15) is 40.9 Å². The first kappa shape index (κ1) is 15.5. The van der Waals surface area contributed by atoms with Gasteiger partial charge in [0.2, 0.25) is 0 Å². The topological polar surface area (TPSA) is 40.5 Å². The SMILES string of the molecule is OC1C(F)=C(F)C(F)=CC1(O)c1cc(F)c(F)c(F)c1F. The summed E-state index contributed by atoms with van der Waals surface area (Å²) >= 11 is 0. The van der Waals surface area contributed by atoms with Gasteiger partial charge in [0, 0.05) is 5.56 Å². The molecule has 9 heteroatoms. The lowest BCUT2D eigenvalue weighted by atomic mass is 9.83. The third-order valence-corrected chi connectivity index (χ3v) is 2.96. The number of aliphatic hydroxyl groups is 2. The molecule has 0 aromatic heterocycles. The maximum atomic E-state index is 13.6. The Morgan fingerprint density at radius 2 is 1.48 bits per heavy atom. The number of hydrogen-bond donors (Lipinski definition) is 2. The fourth-order valence-corrected chi connectivity index (χ4v) is 1.85. The van der Waals surface area contributed by atoms with Gasteiger partial charge in [0.05, 0.1) is 0 Å². The Morgan fingerprint density at radius 1 is 0.905 bits per heavy atom. The molecule has 21 heavy (non-hydrogen) atoms. The summed E-state index contributed by atoms with van der Waals surface area (Å²) in [5, 5.41) is 19.3. The quantitative estimate of drug-likeness (QED) is 0.475. The van der Waals surface area contributed by atoms with Crippen molar-refractivity contribution in [1.82, 2.24) is 0 Å². The van der Waals surface area contributed by atoms with E-state index in [0.29, 0.717) is 0 Å². The molecule has 0 saturated heterocycles. The summed E-state index contributed by atoms with van der Waals surface area (Å²) in [7, 11) is 0. The van der Waals surface area contributed by atoms with Crippen LogP contribution in [-0.2, 0) is 5.60 Å². The minimum atomic E-state index is -3.36. The molecule has 1 aromatic carbocycles. The largest absolute Gasteiger partial charge is 0.382 e. The molecule has 2 atom stereocenters. The highest BCUT2D eigenvalue weighted by Gasteiger charge is 2.47. The number of benzene rings is 1. The summed E-state index contributed by atoms with van der Waals surface area (Å²) in [6.45, 7) is 0. The molecule has 2 rings (SSSR count). The Balaban J connectivity index is 2.73. The van der Waals surface area contributed by atoms with E-state index in [1.54, 1.807) is 0 Å². The van der Waals surface area contributed by atoms with Crippen LogP contribution in [0.1, 0.15) is 5.56 Å². The Hall–Kier alpha value is -1.87. The van der Waals surface area contributed by atoms with E-state index in [-0.39, 0.29) is 12.1 Å². The fraction of sp³-hybridized carbons (Fsp3) is 0.167. The average molecular weight is 314 g/mol. The molecule has 0 saturated carbocycles. The van der Waals surface area contributed by atoms with Gasteiger partial charge in [0.15, 0.2) is 40.7 Å². The molecular formula is C12H5F7O2. The third-order valence-electron chi connectivity index (χ3n) is 2.96. The van der Waals surface area contributed by atoms with Gasteiger partial charge >= 0.3 is 0 Å². The van der Waals surface area contributed by atoms with Crippen molar-refractivity contribution in [2.45, 2.75) is 11.7 Å². The molecule has 0 radical (unpaired) electrons. The van der Waals surface area contributed by atoms with Crippen LogP contribution in [0.15, 0.2) is 29.6 Å². The Labute approximate surface area is 112 Å². The standard InChI is InChI=1S/C12H5F7O2/c13-4-1-3(6(15)9(18)7(4)16)12(21)2-5(14)8(17)10(19)11(12)20/h1-2,11,20-21H. The molecule has 1 aliphatic rings. The summed E-state index contributed by atoms with van der Waals surface area (Å²) in [5.74, 6) is -15.1. The predicted molar refractivity (Wildman–Crippen MR) is 54.6 cm³/mol. The van der Waals surface area contributed by atoms with E-state index >= 15 is 0 Å². The monoisotopic (exact) mass is 314 g/mol. The Bertz CT molecular complexity index is 683. The predicted octanol–water partition coefficient (Wildman–Crippen LogP) is 2.81. The molecule has 0 amide bonds. The third kappa shape index (κ3) is 2.12. The van der Waals surface area contributed by atoms with Gasteiger partial charge in [-0.3, -0.25) is 0 Å². The van der Waals surface area contributed by atoms with Crippen molar-refractivity contribution in [2.75, 3.05) is 0 Å². The van der Waals surface area contributed by atoms with Crippen molar-refractivity contribution >= 4 is 0 Å². The zero-order chi connectivity index (χ0) is 16.1. The van der Waals surface area contributed by atoms with Crippen molar-refractivity contribution in [2.24, 2.45) is 0 Å². The highest BCUT2D eigenvalue weighted by molar-refractivity contribution is 5.42. The molecule has 0 spiro atoms. The lowest BCUT2D eigenvalue weighted by Gasteiger charge is -2.32. The molecule has 114 valence electrons. The zero-order valence-corrected chi connectivity index (χ0v) is 9.77. The summed E-state index contributed by atoms with van der Waals surface area (Å²) < 4.78 is 91.8. The molecule has 0 fully saturated rings.